The molecular weight excluding hydrogens is 826 g/mol. The van der Waals surface area contributed by atoms with Crippen LogP contribution in [0.15, 0.2) is 113 Å². The fraction of sp³-hybridized carbons (Fsp3) is 0.302. The third-order valence-electron chi connectivity index (χ3n) is 10.5. The minimum atomic E-state index is -4.78. The molecule has 0 amide bonds. The number of ether oxygens (including phenoxy) is 3. The van der Waals surface area contributed by atoms with Gasteiger partial charge in [-0.15, -0.1) is 10.2 Å². The summed E-state index contributed by atoms with van der Waals surface area (Å²) in [5.41, 5.74) is 2.55. The van der Waals surface area contributed by atoms with E-state index in [0.717, 1.165) is 5.56 Å². The van der Waals surface area contributed by atoms with Crippen molar-refractivity contribution in [2.45, 2.75) is 61.0 Å². The number of sulfone groups is 1. The van der Waals surface area contributed by atoms with Gasteiger partial charge in [-0.1, -0.05) is 54.1 Å². The molecule has 0 spiro atoms. The third kappa shape index (κ3) is 9.02. The molecule has 1 aliphatic heterocycles. The van der Waals surface area contributed by atoms with E-state index in [1.165, 1.54) is 21.4 Å². The number of hydrogen-bond acceptors (Lipinski definition) is 12. The van der Waals surface area contributed by atoms with Gasteiger partial charge in [-0.05, 0) is 108 Å². The van der Waals surface area contributed by atoms with Gasteiger partial charge in [0, 0.05) is 37.9 Å². The van der Waals surface area contributed by atoms with Crippen LogP contribution in [0.2, 0.25) is 5.15 Å². The number of sulfonamides is 1. The van der Waals surface area contributed by atoms with Crippen LogP contribution in [0.4, 0.5) is 0 Å². The van der Waals surface area contributed by atoms with Crippen LogP contribution in [-0.2, 0) is 39.5 Å². The van der Waals surface area contributed by atoms with Crippen LogP contribution < -0.4 is 14.2 Å². The summed E-state index contributed by atoms with van der Waals surface area (Å²) < 4.78 is 79.0. The van der Waals surface area contributed by atoms with E-state index in [4.69, 9.17) is 30.9 Å². The van der Waals surface area contributed by atoms with E-state index in [1.54, 1.807) is 100 Å². The SMILES string of the molecule is COc1ccc(CN(Cc2ccc(OC)cc2)S(=O)(=O)c2c(S(=O)(=O)C3CN(C(C)(C)C)C3)ccc(-c3ccnc(Cl)c3)c2-c2nnn(Cc3ccc(OC)cc3)n2)cc1. The fourth-order valence-electron chi connectivity index (χ4n) is 6.97. The van der Waals surface area contributed by atoms with Crippen molar-refractivity contribution in [1.82, 2.24) is 34.4 Å². The Morgan fingerprint density at radius 3 is 1.78 bits per heavy atom. The zero-order valence-corrected chi connectivity index (χ0v) is 36.5. The van der Waals surface area contributed by atoms with Crippen molar-refractivity contribution in [1.29, 1.82) is 0 Å². The minimum Gasteiger partial charge on any atom is -0.497 e. The highest BCUT2D eigenvalue weighted by molar-refractivity contribution is 7.94. The molecule has 0 bridgehead atoms. The zero-order valence-electron chi connectivity index (χ0n) is 34.1. The number of nitrogens with zero attached hydrogens (tertiary/aromatic N) is 7. The van der Waals surface area contributed by atoms with Gasteiger partial charge in [0.25, 0.3) is 0 Å². The van der Waals surface area contributed by atoms with Crippen LogP contribution in [0.3, 0.4) is 0 Å². The summed E-state index contributed by atoms with van der Waals surface area (Å²) in [5.74, 6) is 1.76. The van der Waals surface area contributed by atoms with Gasteiger partial charge in [0.15, 0.2) is 9.84 Å². The quantitative estimate of drug-likeness (QED) is 0.0999. The summed E-state index contributed by atoms with van der Waals surface area (Å²) in [4.78, 5) is 6.69. The first-order valence-corrected chi connectivity index (χ1v) is 22.4. The number of methoxy groups -OCH3 is 3. The normalized spacial score (nSPS) is 13.9. The van der Waals surface area contributed by atoms with Crippen molar-refractivity contribution in [3.8, 4) is 39.8 Å². The highest BCUT2D eigenvalue weighted by Crippen LogP contribution is 2.43. The second-order valence-electron chi connectivity index (χ2n) is 15.4. The molecule has 17 heteroatoms. The van der Waals surface area contributed by atoms with Crippen LogP contribution in [-0.4, -0.2) is 96.4 Å². The van der Waals surface area contributed by atoms with Crippen molar-refractivity contribution >= 4 is 31.5 Å². The topological polar surface area (TPSA) is 159 Å². The molecule has 0 N–H and O–H groups in total. The Hall–Kier alpha value is -5.39. The minimum absolute atomic E-state index is 0.0409. The van der Waals surface area contributed by atoms with Crippen molar-refractivity contribution in [2.75, 3.05) is 34.4 Å². The summed E-state index contributed by atoms with van der Waals surface area (Å²) in [6.45, 7) is 6.41. The number of pyridine rings is 1. The maximum absolute atomic E-state index is 15.9. The standard InChI is InChI=1S/C43H46ClN7O7S2/c1-43(2,3)49-27-36(28-49)59(52,53)38-20-19-37(32-21-22-45-39(44)23-32)40(42-46-48-51(47-42)26-31-11-17-35(58-6)18-12-31)41(38)60(54,55)50(24-29-7-13-33(56-4)14-8-29)25-30-9-15-34(57-5)16-10-30/h7-23,36H,24-28H2,1-6H3. The smallest absolute Gasteiger partial charge is 0.245 e. The van der Waals surface area contributed by atoms with Crippen molar-refractivity contribution < 1.29 is 31.0 Å². The van der Waals surface area contributed by atoms with Crippen molar-refractivity contribution in [3.05, 3.63) is 125 Å². The molecule has 1 fully saturated rings. The van der Waals surface area contributed by atoms with E-state index in [0.29, 0.717) is 39.5 Å². The predicted octanol–water partition coefficient (Wildman–Crippen LogP) is 6.78. The Kier molecular flexibility index (Phi) is 12.3. The predicted molar refractivity (Wildman–Crippen MR) is 228 cm³/mol. The van der Waals surface area contributed by atoms with Crippen LogP contribution in [0.25, 0.3) is 22.5 Å². The van der Waals surface area contributed by atoms with Crippen molar-refractivity contribution in [3.63, 3.8) is 0 Å². The van der Waals surface area contributed by atoms with Gasteiger partial charge in [-0.25, -0.2) is 21.8 Å². The number of aromatic nitrogens is 5. The maximum Gasteiger partial charge on any atom is 0.245 e. The molecular formula is C43H46ClN7O7S2. The summed E-state index contributed by atoms with van der Waals surface area (Å²) in [6.07, 6.45) is 1.49. The molecule has 3 heterocycles. The first kappa shape index (κ1) is 42.7. The lowest BCUT2D eigenvalue weighted by atomic mass is 10.00. The second-order valence-corrected chi connectivity index (χ2v) is 19.8. The van der Waals surface area contributed by atoms with E-state index in [-0.39, 0.29) is 59.7 Å². The monoisotopic (exact) mass is 871 g/mol. The zero-order chi connectivity index (χ0) is 42.8. The molecule has 0 atom stereocenters. The largest absolute Gasteiger partial charge is 0.497 e. The summed E-state index contributed by atoms with van der Waals surface area (Å²) >= 11 is 6.42. The van der Waals surface area contributed by atoms with E-state index in [9.17, 15) is 8.42 Å². The number of rotatable bonds is 15. The molecule has 4 aromatic carbocycles. The average molecular weight is 872 g/mol. The van der Waals surface area contributed by atoms with Gasteiger partial charge in [-0.2, -0.15) is 9.10 Å². The molecule has 2 aromatic heterocycles. The van der Waals surface area contributed by atoms with E-state index in [2.05, 4.69) is 15.3 Å². The number of tetrazole rings is 1. The second kappa shape index (κ2) is 17.3. The molecule has 1 saturated heterocycles. The Bertz CT molecular complexity index is 2630. The van der Waals surface area contributed by atoms with Crippen LogP contribution in [0, 0.1) is 0 Å². The highest BCUT2D eigenvalue weighted by Gasteiger charge is 2.46. The molecule has 1 aliphatic rings. The molecule has 314 valence electrons. The van der Waals surface area contributed by atoms with E-state index in [1.807, 2.05) is 37.8 Å². The van der Waals surface area contributed by atoms with Gasteiger partial charge in [0.1, 0.15) is 27.3 Å². The van der Waals surface area contributed by atoms with Crippen LogP contribution >= 0.6 is 11.6 Å². The summed E-state index contributed by atoms with van der Waals surface area (Å²) in [5, 5.41) is 12.7. The molecule has 0 unspecified atom stereocenters. The summed E-state index contributed by atoms with van der Waals surface area (Å²) in [7, 11) is -4.41. The lowest BCUT2D eigenvalue weighted by molar-refractivity contribution is 0.0723. The maximum atomic E-state index is 15.9. The Morgan fingerprint density at radius 1 is 0.750 bits per heavy atom. The Morgan fingerprint density at radius 2 is 1.28 bits per heavy atom. The van der Waals surface area contributed by atoms with E-state index >= 15 is 8.42 Å². The average Bonchev–Trinajstić information content (AvgIpc) is 3.67. The first-order valence-electron chi connectivity index (χ1n) is 19.1. The molecule has 0 aliphatic carbocycles. The third-order valence-corrected chi connectivity index (χ3v) is 14.8. The summed E-state index contributed by atoms with van der Waals surface area (Å²) in [6, 6.07) is 27.5. The molecule has 14 nitrogen and oxygen atoms in total. The van der Waals surface area contributed by atoms with Crippen molar-refractivity contribution in [2.24, 2.45) is 0 Å². The van der Waals surface area contributed by atoms with Gasteiger partial charge in [0.2, 0.25) is 15.8 Å². The Balaban J connectivity index is 1.47. The van der Waals surface area contributed by atoms with E-state index < -0.39 is 30.0 Å². The number of likely N-dealkylation sites (tertiary alicyclic amines) is 1. The van der Waals surface area contributed by atoms with Crippen LogP contribution in [0.1, 0.15) is 37.5 Å². The molecule has 7 rings (SSSR count). The number of halogens is 1. The molecule has 60 heavy (non-hydrogen) atoms. The molecule has 0 radical (unpaired) electrons. The highest BCUT2D eigenvalue weighted by atomic mass is 35.5. The Labute approximate surface area is 355 Å². The molecule has 6 aromatic rings. The molecule has 0 saturated carbocycles. The number of hydrogen-bond donors (Lipinski definition) is 0. The first-order chi connectivity index (χ1) is 28.6. The number of benzene rings is 4. The van der Waals surface area contributed by atoms with Gasteiger partial charge >= 0.3 is 0 Å². The van der Waals surface area contributed by atoms with Gasteiger partial charge in [0.05, 0.1) is 43.6 Å². The fourth-order valence-corrected chi connectivity index (χ4v) is 11.2. The van der Waals surface area contributed by atoms with Gasteiger partial charge < -0.3 is 14.2 Å². The van der Waals surface area contributed by atoms with Crippen LogP contribution in [0.5, 0.6) is 17.2 Å². The lowest BCUT2D eigenvalue weighted by Gasteiger charge is -2.47. The van der Waals surface area contributed by atoms with Gasteiger partial charge in [-0.3, -0.25) is 4.90 Å². The lowest BCUT2D eigenvalue weighted by Crippen LogP contribution is -2.61.